The van der Waals surface area contributed by atoms with Crippen molar-refractivity contribution in [2.45, 2.75) is 31.7 Å². The van der Waals surface area contributed by atoms with Crippen molar-refractivity contribution >= 4 is 5.91 Å². The minimum atomic E-state index is -0.293. The van der Waals surface area contributed by atoms with Gasteiger partial charge in [0, 0.05) is 25.1 Å². The second-order valence-corrected chi connectivity index (χ2v) is 7.08. The van der Waals surface area contributed by atoms with Gasteiger partial charge in [-0.05, 0) is 51.0 Å². The van der Waals surface area contributed by atoms with Gasteiger partial charge >= 0.3 is 0 Å². The number of hydrogen-bond acceptors (Lipinski definition) is 3. The highest BCUT2D eigenvalue weighted by atomic mass is 19.1. The number of rotatable bonds is 5. The number of benzene rings is 1. The Bertz CT molecular complexity index is 552. The SMILES string of the molecule is CN1CCC(N(CC2CCOC2)C(=O)Cc2ccccc2F)CC1. The maximum atomic E-state index is 13.9. The molecule has 5 heteroatoms. The van der Waals surface area contributed by atoms with E-state index in [4.69, 9.17) is 4.74 Å². The molecule has 2 aliphatic heterocycles. The number of halogens is 1. The lowest BCUT2D eigenvalue weighted by Gasteiger charge is -2.38. The zero-order chi connectivity index (χ0) is 16.9. The molecule has 0 N–H and O–H groups in total. The van der Waals surface area contributed by atoms with Gasteiger partial charge in [0.05, 0.1) is 13.0 Å². The molecule has 2 aliphatic rings. The Morgan fingerprint density at radius 2 is 2.04 bits per heavy atom. The molecule has 1 aromatic rings. The quantitative estimate of drug-likeness (QED) is 0.828. The summed E-state index contributed by atoms with van der Waals surface area (Å²) in [5.41, 5.74) is 0.489. The molecular formula is C19H27FN2O2. The van der Waals surface area contributed by atoms with Gasteiger partial charge in [-0.2, -0.15) is 0 Å². The summed E-state index contributed by atoms with van der Waals surface area (Å²) in [6.07, 6.45) is 3.14. The van der Waals surface area contributed by atoms with Crippen molar-refractivity contribution < 1.29 is 13.9 Å². The predicted molar refractivity (Wildman–Crippen MR) is 91.3 cm³/mol. The molecule has 2 heterocycles. The van der Waals surface area contributed by atoms with Crippen LogP contribution in [-0.4, -0.2) is 61.6 Å². The van der Waals surface area contributed by atoms with Gasteiger partial charge in [-0.25, -0.2) is 4.39 Å². The van der Waals surface area contributed by atoms with E-state index in [0.29, 0.717) is 11.5 Å². The molecule has 0 aromatic heterocycles. The summed E-state index contributed by atoms with van der Waals surface area (Å²) in [6, 6.07) is 6.84. The van der Waals surface area contributed by atoms with E-state index >= 15 is 0 Å². The van der Waals surface area contributed by atoms with E-state index in [1.807, 2.05) is 4.90 Å². The highest BCUT2D eigenvalue weighted by Crippen LogP contribution is 2.22. The Morgan fingerprint density at radius 3 is 2.71 bits per heavy atom. The van der Waals surface area contributed by atoms with Crippen molar-refractivity contribution in [2.24, 2.45) is 5.92 Å². The van der Waals surface area contributed by atoms with Crippen molar-refractivity contribution in [2.75, 3.05) is 39.9 Å². The second-order valence-electron chi connectivity index (χ2n) is 7.08. The van der Waals surface area contributed by atoms with Crippen LogP contribution in [0.1, 0.15) is 24.8 Å². The summed E-state index contributed by atoms with van der Waals surface area (Å²) >= 11 is 0. The standard InChI is InChI=1S/C19H27FN2O2/c1-21-9-6-17(7-10-21)22(13-15-8-11-24-14-15)19(23)12-16-4-2-3-5-18(16)20/h2-5,15,17H,6-14H2,1H3. The van der Waals surface area contributed by atoms with Crippen LogP contribution < -0.4 is 0 Å². The zero-order valence-electron chi connectivity index (χ0n) is 14.4. The number of hydrogen-bond donors (Lipinski definition) is 0. The lowest BCUT2D eigenvalue weighted by Crippen LogP contribution is -2.49. The topological polar surface area (TPSA) is 32.8 Å². The van der Waals surface area contributed by atoms with Crippen molar-refractivity contribution in [3.05, 3.63) is 35.6 Å². The molecule has 1 atom stereocenters. The summed E-state index contributed by atoms with van der Waals surface area (Å²) in [7, 11) is 2.12. The average molecular weight is 334 g/mol. The smallest absolute Gasteiger partial charge is 0.227 e. The predicted octanol–water partition coefficient (Wildman–Crippen LogP) is 2.33. The van der Waals surface area contributed by atoms with Crippen molar-refractivity contribution in [3.63, 3.8) is 0 Å². The molecule has 2 saturated heterocycles. The molecule has 1 unspecified atom stereocenters. The number of carbonyl (C=O) groups excluding carboxylic acids is 1. The highest BCUT2D eigenvalue weighted by Gasteiger charge is 2.30. The van der Waals surface area contributed by atoms with Crippen LogP contribution in [-0.2, 0) is 16.0 Å². The van der Waals surface area contributed by atoms with Crippen LogP contribution in [0.2, 0.25) is 0 Å². The Morgan fingerprint density at radius 1 is 1.29 bits per heavy atom. The molecule has 4 nitrogen and oxygen atoms in total. The number of likely N-dealkylation sites (tertiary alicyclic amines) is 1. The largest absolute Gasteiger partial charge is 0.381 e. The van der Waals surface area contributed by atoms with E-state index in [9.17, 15) is 9.18 Å². The van der Waals surface area contributed by atoms with Crippen molar-refractivity contribution in [1.29, 1.82) is 0 Å². The van der Waals surface area contributed by atoms with E-state index < -0.39 is 0 Å². The lowest BCUT2D eigenvalue weighted by molar-refractivity contribution is -0.134. The Balaban J connectivity index is 1.70. The van der Waals surface area contributed by atoms with Crippen LogP contribution in [0.25, 0.3) is 0 Å². The summed E-state index contributed by atoms with van der Waals surface area (Å²) in [5.74, 6) is 0.161. The molecule has 0 bridgehead atoms. The van der Waals surface area contributed by atoms with Crippen LogP contribution in [0.15, 0.2) is 24.3 Å². The van der Waals surface area contributed by atoms with E-state index in [1.54, 1.807) is 18.2 Å². The minimum absolute atomic E-state index is 0.0431. The van der Waals surface area contributed by atoms with E-state index in [0.717, 1.165) is 52.1 Å². The first kappa shape index (κ1) is 17.4. The third-order valence-corrected chi connectivity index (χ3v) is 5.23. The summed E-state index contributed by atoms with van der Waals surface area (Å²) in [6.45, 7) is 4.27. The van der Waals surface area contributed by atoms with Gasteiger partial charge in [-0.3, -0.25) is 4.79 Å². The molecule has 0 radical (unpaired) electrons. The van der Waals surface area contributed by atoms with Gasteiger partial charge in [0.1, 0.15) is 5.82 Å². The molecular weight excluding hydrogens is 307 g/mol. The normalized spacial score (nSPS) is 22.7. The highest BCUT2D eigenvalue weighted by molar-refractivity contribution is 5.79. The number of nitrogens with zero attached hydrogens (tertiary/aromatic N) is 2. The van der Waals surface area contributed by atoms with Gasteiger partial charge < -0.3 is 14.5 Å². The van der Waals surface area contributed by atoms with Gasteiger partial charge in [-0.15, -0.1) is 0 Å². The first-order valence-corrected chi connectivity index (χ1v) is 8.92. The van der Waals surface area contributed by atoms with Crippen molar-refractivity contribution in [1.82, 2.24) is 9.80 Å². The Labute approximate surface area is 143 Å². The number of piperidine rings is 1. The fourth-order valence-corrected chi connectivity index (χ4v) is 3.67. The molecule has 1 aromatic carbocycles. The van der Waals surface area contributed by atoms with Gasteiger partial charge in [-0.1, -0.05) is 18.2 Å². The Kier molecular flexibility index (Phi) is 5.85. The molecule has 0 spiro atoms. The van der Waals surface area contributed by atoms with Gasteiger partial charge in [0.15, 0.2) is 0 Å². The molecule has 24 heavy (non-hydrogen) atoms. The van der Waals surface area contributed by atoms with Crippen molar-refractivity contribution in [3.8, 4) is 0 Å². The maximum absolute atomic E-state index is 13.9. The number of ether oxygens (including phenoxy) is 1. The second kappa shape index (κ2) is 8.08. The minimum Gasteiger partial charge on any atom is -0.381 e. The average Bonchev–Trinajstić information content (AvgIpc) is 3.09. The van der Waals surface area contributed by atoms with Crippen LogP contribution in [0.3, 0.4) is 0 Å². The maximum Gasteiger partial charge on any atom is 0.227 e. The molecule has 132 valence electrons. The first-order chi connectivity index (χ1) is 11.6. The number of carbonyl (C=O) groups is 1. The van der Waals surface area contributed by atoms with Crippen LogP contribution in [0.5, 0.6) is 0 Å². The van der Waals surface area contributed by atoms with Crippen LogP contribution in [0, 0.1) is 11.7 Å². The first-order valence-electron chi connectivity index (χ1n) is 8.92. The van der Waals surface area contributed by atoms with Crippen LogP contribution in [0.4, 0.5) is 4.39 Å². The number of amides is 1. The molecule has 0 saturated carbocycles. The summed E-state index contributed by atoms with van der Waals surface area (Å²) in [4.78, 5) is 17.3. The fourth-order valence-electron chi connectivity index (χ4n) is 3.67. The lowest BCUT2D eigenvalue weighted by atomic mass is 9.99. The third-order valence-electron chi connectivity index (χ3n) is 5.23. The zero-order valence-corrected chi connectivity index (χ0v) is 14.4. The van der Waals surface area contributed by atoms with Crippen LogP contribution >= 0.6 is 0 Å². The molecule has 1 amide bonds. The fraction of sp³-hybridized carbons (Fsp3) is 0.632. The van der Waals surface area contributed by atoms with E-state index in [1.165, 1.54) is 6.07 Å². The monoisotopic (exact) mass is 334 g/mol. The third kappa shape index (κ3) is 4.33. The molecule has 2 fully saturated rings. The Hall–Kier alpha value is -1.46. The molecule has 3 rings (SSSR count). The van der Waals surface area contributed by atoms with Gasteiger partial charge in [0.25, 0.3) is 0 Å². The summed E-state index contributed by atoms with van der Waals surface area (Å²) < 4.78 is 19.4. The molecule has 0 aliphatic carbocycles. The van der Waals surface area contributed by atoms with E-state index in [-0.39, 0.29) is 24.2 Å². The van der Waals surface area contributed by atoms with E-state index in [2.05, 4.69) is 11.9 Å². The summed E-state index contributed by atoms with van der Waals surface area (Å²) in [5, 5.41) is 0. The van der Waals surface area contributed by atoms with Gasteiger partial charge in [0.2, 0.25) is 5.91 Å².